The zero-order chi connectivity index (χ0) is 12.4. The van der Waals surface area contributed by atoms with E-state index in [1.165, 1.54) is 0 Å². The van der Waals surface area contributed by atoms with Crippen LogP contribution in [0.2, 0.25) is 0 Å². The van der Waals surface area contributed by atoms with Gasteiger partial charge in [-0.2, -0.15) is 0 Å². The molecule has 0 amide bonds. The van der Waals surface area contributed by atoms with Crippen LogP contribution in [-0.2, 0) is 19.1 Å². The van der Waals surface area contributed by atoms with Crippen molar-refractivity contribution in [1.82, 2.24) is 0 Å². The molecule has 0 heterocycles. The van der Waals surface area contributed by atoms with Gasteiger partial charge in [-0.3, -0.25) is 0 Å². The molecule has 0 rings (SSSR count). The summed E-state index contributed by atoms with van der Waals surface area (Å²) < 4.78 is 9.89. The zero-order valence-electron chi connectivity index (χ0n) is 9.27. The Balaban J connectivity index is 3.60. The number of carboxylic acids is 2. The Morgan fingerprint density at radius 3 is 2.38 bits per heavy atom. The number of carboxylic acid groups (broad SMARTS) is 2. The molecule has 94 valence electrons. The number of carbonyl (C=O) groups is 2. The van der Waals surface area contributed by atoms with Crippen molar-refractivity contribution >= 4 is 11.9 Å². The number of hydrogen-bond donors (Lipinski definition) is 0. The first-order chi connectivity index (χ1) is 7.57. The van der Waals surface area contributed by atoms with Gasteiger partial charge in [0.15, 0.2) is 0 Å². The molecule has 0 spiro atoms. The van der Waals surface area contributed by atoms with E-state index in [0.717, 1.165) is 12.8 Å². The van der Waals surface area contributed by atoms with E-state index in [-0.39, 0.29) is 13.2 Å². The minimum Gasteiger partial charge on any atom is -0.550 e. The fraction of sp³-hybridized carbons (Fsp3) is 0.800. The molecule has 0 aliphatic carbocycles. The molecule has 0 radical (unpaired) electrons. The van der Waals surface area contributed by atoms with Gasteiger partial charge in [-0.05, 0) is 6.42 Å². The number of rotatable bonds is 10. The Labute approximate surface area is 94.2 Å². The Hall–Kier alpha value is -1.14. The second-order valence-electron chi connectivity index (χ2n) is 3.22. The van der Waals surface area contributed by atoms with Gasteiger partial charge in [0.25, 0.3) is 0 Å². The molecule has 0 aliphatic heterocycles. The van der Waals surface area contributed by atoms with Gasteiger partial charge in [-0.25, -0.2) is 0 Å². The van der Waals surface area contributed by atoms with Crippen LogP contribution in [0.4, 0.5) is 0 Å². The average molecular weight is 232 g/mol. The monoisotopic (exact) mass is 232 g/mol. The largest absolute Gasteiger partial charge is 0.550 e. The number of carbonyl (C=O) groups excluding carboxylic acids is 2. The molecule has 6 heteroatoms. The third-order valence-corrected chi connectivity index (χ3v) is 1.80. The third kappa shape index (κ3) is 8.19. The Bertz CT molecular complexity index is 215. The van der Waals surface area contributed by atoms with Gasteiger partial charge in [-0.1, -0.05) is 13.3 Å². The topological polar surface area (TPSA) is 98.7 Å². The highest BCUT2D eigenvalue weighted by Gasteiger charge is 2.10. The Morgan fingerprint density at radius 1 is 1.19 bits per heavy atom. The maximum Gasteiger partial charge on any atom is 0.102 e. The summed E-state index contributed by atoms with van der Waals surface area (Å²) in [6.45, 7) is 2.86. The first-order valence-corrected chi connectivity index (χ1v) is 5.18. The molecular weight excluding hydrogens is 216 g/mol. The lowest BCUT2D eigenvalue weighted by Crippen LogP contribution is -2.42. The van der Waals surface area contributed by atoms with Gasteiger partial charge in [0.1, 0.15) is 6.10 Å². The lowest BCUT2D eigenvalue weighted by atomic mass is 10.2. The molecule has 0 fully saturated rings. The summed E-state index contributed by atoms with van der Waals surface area (Å²) in [4.78, 5) is 20.6. The van der Waals surface area contributed by atoms with Crippen LogP contribution in [0, 0.1) is 0 Å². The highest BCUT2D eigenvalue weighted by molar-refractivity contribution is 5.77. The summed E-state index contributed by atoms with van der Waals surface area (Å²) in [7, 11) is 0. The van der Waals surface area contributed by atoms with E-state index in [1.54, 1.807) is 0 Å². The van der Waals surface area contributed by atoms with Crippen LogP contribution in [0.1, 0.15) is 26.2 Å². The third-order valence-electron chi connectivity index (χ3n) is 1.80. The van der Waals surface area contributed by atoms with Crippen molar-refractivity contribution in [1.29, 1.82) is 0 Å². The van der Waals surface area contributed by atoms with Crippen molar-refractivity contribution in [3.63, 3.8) is 0 Å². The van der Waals surface area contributed by atoms with E-state index >= 15 is 0 Å². The summed E-state index contributed by atoms with van der Waals surface area (Å²) in [5.41, 5.74) is 0. The second kappa shape index (κ2) is 9.11. The number of ether oxygens (including phenoxy) is 2. The average Bonchev–Trinajstić information content (AvgIpc) is 2.20. The van der Waals surface area contributed by atoms with Crippen LogP contribution in [0.5, 0.6) is 0 Å². The number of unbranched alkanes of at least 4 members (excludes halogenated alkanes) is 1. The van der Waals surface area contributed by atoms with Gasteiger partial charge in [0.05, 0.1) is 19.2 Å². The van der Waals surface area contributed by atoms with E-state index in [0.29, 0.717) is 6.61 Å². The summed E-state index contributed by atoms with van der Waals surface area (Å²) in [6.07, 6.45) is -0.257. The molecule has 0 aromatic rings. The molecule has 0 bridgehead atoms. The molecule has 0 saturated heterocycles. The van der Waals surface area contributed by atoms with Crippen molar-refractivity contribution in [2.45, 2.75) is 32.3 Å². The molecule has 0 aromatic carbocycles. The predicted octanol–water partition coefficient (Wildman–Crippen LogP) is -1.92. The van der Waals surface area contributed by atoms with Crippen molar-refractivity contribution in [2.24, 2.45) is 0 Å². The highest BCUT2D eigenvalue weighted by atomic mass is 16.5. The summed E-state index contributed by atoms with van der Waals surface area (Å²) in [6, 6.07) is 0. The van der Waals surface area contributed by atoms with Crippen molar-refractivity contribution < 1.29 is 29.3 Å². The van der Waals surface area contributed by atoms with Gasteiger partial charge >= 0.3 is 0 Å². The SMILES string of the molecule is CCCCOCCOC(CC(=O)[O-])C(=O)[O-]. The first kappa shape index (κ1) is 14.9. The van der Waals surface area contributed by atoms with Gasteiger partial charge < -0.3 is 29.3 Å². The smallest absolute Gasteiger partial charge is 0.102 e. The molecular formula is C10H16O6-2. The number of hydrogen-bond acceptors (Lipinski definition) is 6. The minimum atomic E-state index is -1.56. The molecule has 6 nitrogen and oxygen atoms in total. The van der Waals surface area contributed by atoms with E-state index < -0.39 is 24.5 Å². The quantitative estimate of drug-likeness (QED) is 0.407. The minimum absolute atomic E-state index is 0.0235. The number of aliphatic carboxylic acids is 2. The molecule has 1 atom stereocenters. The normalized spacial score (nSPS) is 12.3. The Morgan fingerprint density at radius 2 is 1.88 bits per heavy atom. The zero-order valence-corrected chi connectivity index (χ0v) is 9.27. The Kier molecular flexibility index (Phi) is 8.46. The molecule has 0 aliphatic rings. The molecule has 1 unspecified atom stereocenters. The van der Waals surface area contributed by atoms with E-state index in [1.807, 2.05) is 6.92 Å². The summed E-state index contributed by atoms with van der Waals surface area (Å²) >= 11 is 0. The molecule has 0 N–H and O–H groups in total. The van der Waals surface area contributed by atoms with Gasteiger partial charge in [0, 0.05) is 19.0 Å². The fourth-order valence-corrected chi connectivity index (χ4v) is 0.959. The molecule has 16 heavy (non-hydrogen) atoms. The molecule has 0 saturated carbocycles. The van der Waals surface area contributed by atoms with Crippen molar-refractivity contribution in [3.8, 4) is 0 Å². The summed E-state index contributed by atoms with van der Waals surface area (Å²) in [5.74, 6) is -3.04. The lowest BCUT2D eigenvalue weighted by Gasteiger charge is -2.19. The van der Waals surface area contributed by atoms with E-state index in [2.05, 4.69) is 0 Å². The predicted molar refractivity (Wildman–Crippen MR) is 50.1 cm³/mol. The standard InChI is InChI=1S/C10H18O6/c1-2-3-4-15-5-6-16-8(10(13)14)7-9(11)12/h8H,2-7H2,1H3,(H,11,12)(H,13,14)/p-2. The van der Waals surface area contributed by atoms with E-state index in [4.69, 9.17) is 9.47 Å². The first-order valence-electron chi connectivity index (χ1n) is 5.18. The fourth-order valence-electron chi connectivity index (χ4n) is 0.959. The van der Waals surface area contributed by atoms with Crippen LogP contribution >= 0.6 is 0 Å². The van der Waals surface area contributed by atoms with Crippen LogP contribution in [0.3, 0.4) is 0 Å². The van der Waals surface area contributed by atoms with E-state index in [9.17, 15) is 19.8 Å². The van der Waals surface area contributed by atoms with Crippen LogP contribution < -0.4 is 10.2 Å². The lowest BCUT2D eigenvalue weighted by molar-refractivity contribution is -0.325. The highest BCUT2D eigenvalue weighted by Crippen LogP contribution is 1.97. The van der Waals surface area contributed by atoms with Crippen molar-refractivity contribution in [3.05, 3.63) is 0 Å². The van der Waals surface area contributed by atoms with Gasteiger partial charge in [-0.15, -0.1) is 0 Å². The maximum absolute atomic E-state index is 10.4. The second-order valence-corrected chi connectivity index (χ2v) is 3.22. The van der Waals surface area contributed by atoms with Crippen LogP contribution in [-0.4, -0.2) is 37.9 Å². The van der Waals surface area contributed by atoms with Crippen LogP contribution in [0.15, 0.2) is 0 Å². The van der Waals surface area contributed by atoms with Crippen LogP contribution in [0.25, 0.3) is 0 Å². The maximum atomic E-state index is 10.4. The molecule has 0 aromatic heterocycles. The van der Waals surface area contributed by atoms with Crippen molar-refractivity contribution in [2.75, 3.05) is 19.8 Å². The summed E-state index contributed by atoms with van der Waals surface area (Å²) in [5, 5.41) is 20.6. The van der Waals surface area contributed by atoms with Gasteiger partial charge in [0.2, 0.25) is 0 Å².